The van der Waals surface area contributed by atoms with Crippen molar-refractivity contribution >= 4 is 27.6 Å². The fraction of sp³-hybridized carbons (Fsp3) is 0.480. The zero-order chi connectivity index (χ0) is 25.4. The zero-order valence-electron chi connectivity index (χ0n) is 20.3. The highest BCUT2D eigenvalue weighted by Crippen LogP contribution is 2.50. The van der Waals surface area contributed by atoms with Crippen molar-refractivity contribution in [3.8, 4) is 0 Å². The molecule has 2 aromatic carbocycles. The molecule has 3 rings (SSSR count). The summed E-state index contributed by atoms with van der Waals surface area (Å²) in [6.45, 7) is 5.53. The number of rotatable bonds is 10. The van der Waals surface area contributed by atoms with E-state index in [4.69, 9.17) is 5.10 Å². The molecule has 0 bridgehead atoms. The number of aliphatic hydroxyl groups excluding tert-OH is 1. The Balaban J connectivity index is 2.19. The second-order valence-corrected chi connectivity index (χ2v) is 10.8. The van der Waals surface area contributed by atoms with E-state index in [2.05, 4.69) is 4.72 Å². The van der Waals surface area contributed by atoms with E-state index >= 15 is 0 Å². The third-order valence-corrected chi connectivity index (χ3v) is 7.48. The maximum absolute atomic E-state index is 14.5. The molecule has 186 valence electrons. The van der Waals surface area contributed by atoms with Crippen LogP contribution in [0.15, 0.2) is 47.6 Å². The molecule has 9 heteroatoms. The number of nitrogens with one attached hydrogen (secondary N) is 1. The van der Waals surface area contributed by atoms with E-state index in [1.54, 1.807) is 37.4 Å². The summed E-state index contributed by atoms with van der Waals surface area (Å²) in [4.78, 5) is 0. The molecule has 0 fully saturated rings. The number of alkyl halides is 2. The number of halogens is 2. The molecule has 0 amide bonds. The van der Waals surface area contributed by atoms with Crippen molar-refractivity contribution < 1.29 is 22.3 Å². The number of fused-ring (bicyclic) bond motifs is 1. The molecule has 0 radical (unpaired) electrons. The molecule has 1 heterocycles. The lowest BCUT2D eigenvalue weighted by Crippen LogP contribution is -2.62. The standard InChI is InChI=1S/C25H34F2N3O3S/c1-6-16-25(26,27)19-14-12-18(13-15-19)24(8-3,23(31)7-2)30(4)22-11-9-10-21(20(22)17-28-30)29-34(5,32)33/h9-15,17,23,29,31H,6-8,16H2,1-5H3/q+1. The average molecular weight is 495 g/mol. The molecule has 0 spiro atoms. The van der Waals surface area contributed by atoms with E-state index in [9.17, 15) is 22.3 Å². The highest BCUT2D eigenvalue weighted by molar-refractivity contribution is 7.92. The van der Waals surface area contributed by atoms with Crippen LogP contribution < -0.4 is 9.31 Å². The van der Waals surface area contributed by atoms with Gasteiger partial charge in [0.25, 0.3) is 5.92 Å². The number of hydrogen-bond donors (Lipinski definition) is 2. The first-order chi connectivity index (χ1) is 15.9. The summed E-state index contributed by atoms with van der Waals surface area (Å²) < 4.78 is 55.3. The van der Waals surface area contributed by atoms with Crippen molar-refractivity contribution in [2.75, 3.05) is 18.0 Å². The summed E-state index contributed by atoms with van der Waals surface area (Å²) in [5, 5.41) is 16.2. The Kier molecular flexibility index (Phi) is 7.22. The Hall–Kier alpha value is -2.36. The summed E-state index contributed by atoms with van der Waals surface area (Å²) in [6, 6.07) is 11.5. The zero-order valence-corrected chi connectivity index (χ0v) is 21.2. The number of anilines is 1. The van der Waals surface area contributed by atoms with Crippen LogP contribution in [0.5, 0.6) is 0 Å². The maximum atomic E-state index is 14.5. The lowest BCUT2D eigenvalue weighted by molar-refractivity contribution is -0.0229. The molecule has 0 saturated heterocycles. The van der Waals surface area contributed by atoms with Gasteiger partial charge in [0.05, 0.1) is 30.8 Å². The topological polar surface area (TPSA) is 78.8 Å². The van der Waals surface area contributed by atoms with E-state index in [-0.39, 0.29) is 16.6 Å². The predicted octanol–water partition coefficient (Wildman–Crippen LogP) is 5.31. The SMILES string of the molecule is CCCC(F)(F)c1ccc(C(CC)(C(O)CC)[N+]2(C)N=Cc3c(NS(C)(=O)=O)cccc32)cc1. The van der Waals surface area contributed by atoms with Gasteiger partial charge >= 0.3 is 0 Å². The van der Waals surface area contributed by atoms with Crippen LogP contribution in [0.3, 0.4) is 0 Å². The number of likely N-dealkylation sites (N-methyl/N-ethyl adjacent to an activating group) is 1. The number of sulfonamides is 1. The van der Waals surface area contributed by atoms with Gasteiger partial charge < -0.3 is 5.11 Å². The first-order valence-corrected chi connectivity index (χ1v) is 13.5. The van der Waals surface area contributed by atoms with Gasteiger partial charge in [0.1, 0.15) is 6.10 Å². The van der Waals surface area contributed by atoms with Gasteiger partial charge in [-0.3, -0.25) is 4.72 Å². The molecule has 3 atom stereocenters. The van der Waals surface area contributed by atoms with Crippen molar-refractivity contribution in [3.05, 3.63) is 59.2 Å². The lowest BCUT2D eigenvalue weighted by atomic mass is 9.77. The Morgan fingerprint density at radius 1 is 1.09 bits per heavy atom. The first kappa shape index (κ1) is 26.2. The maximum Gasteiger partial charge on any atom is 0.273 e. The second-order valence-electron chi connectivity index (χ2n) is 9.05. The summed E-state index contributed by atoms with van der Waals surface area (Å²) in [5.74, 6) is -2.92. The molecule has 0 aromatic heterocycles. The van der Waals surface area contributed by atoms with E-state index in [1.165, 1.54) is 12.1 Å². The molecule has 6 nitrogen and oxygen atoms in total. The molecule has 0 saturated carbocycles. The molecule has 2 N–H and O–H groups in total. The molecule has 2 aromatic rings. The summed E-state index contributed by atoms with van der Waals surface area (Å²) >= 11 is 0. The van der Waals surface area contributed by atoms with Gasteiger partial charge in [-0.15, -0.1) is 0 Å². The number of hydrogen-bond acceptors (Lipinski definition) is 4. The van der Waals surface area contributed by atoms with Gasteiger partial charge in [-0.25, -0.2) is 17.2 Å². The van der Waals surface area contributed by atoms with Crippen LogP contribution in [-0.4, -0.2) is 39.1 Å². The van der Waals surface area contributed by atoms with Crippen molar-refractivity contribution in [2.45, 2.75) is 64.0 Å². The first-order valence-electron chi connectivity index (χ1n) is 11.6. The Bertz CT molecular complexity index is 1170. The van der Waals surface area contributed by atoms with Gasteiger partial charge in [-0.1, -0.05) is 62.6 Å². The van der Waals surface area contributed by atoms with E-state index in [0.717, 1.165) is 6.26 Å². The third kappa shape index (κ3) is 4.36. The van der Waals surface area contributed by atoms with Crippen molar-refractivity contribution in [1.82, 2.24) is 4.59 Å². The summed E-state index contributed by atoms with van der Waals surface area (Å²) in [7, 11) is -1.66. The van der Waals surface area contributed by atoms with Gasteiger partial charge in [0.2, 0.25) is 10.0 Å². The van der Waals surface area contributed by atoms with Crippen LogP contribution >= 0.6 is 0 Å². The van der Waals surface area contributed by atoms with Gasteiger partial charge in [0.15, 0.2) is 11.2 Å². The number of nitrogens with zero attached hydrogens (tertiary/aromatic N) is 2. The number of aliphatic hydroxyl groups is 1. The number of benzene rings is 2. The minimum atomic E-state index is -3.51. The fourth-order valence-electron chi connectivity index (χ4n) is 5.19. The van der Waals surface area contributed by atoms with E-state index in [0.29, 0.717) is 41.8 Å². The highest BCUT2D eigenvalue weighted by atomic mass is 32.2. The Morgan fingerprint density at radius 3 is 2.24 bits per heavy atom. The van der Waals surface area contributed by atoms with Crippen LogP contribution in [0.1, 0.15) is 63.1 Å². The molecule has 3 unspecified atom stereocenters. The largest absolute Gasteiger partial charge is 0.386 e. The number of quaternary nitrogens is 1. The van der Waals surface area contributed by atoms with Crippen LogP contribution in [0.2, 0.25) is 0 Å². The van der Waals surface area contributed by atoms with Crippen LogP contribution in [0, 0.1) is 0 Å². The van der Waals surface area contributed by atoms with Gasteiger partial charge in [0, 0.05) is 30.0 Å². The highest BCUT2D eigenvalue weighted by Gasteiger charge is 2.58. The van der Waals surface area contributed by atoms with E-state index < -0.39 is 27.6 Å². The van der Waals surface area contributed by atoms with Gasteiger partial charge in [-0.05, 0) is 12.5 Å². The summed E-state index contributed by atoms with van der Waals surface area (Å²) in [5.41, 5.74) is 1.37. The van der Waals surface area contributed by atoms with Crippen molar-refractivity contribution in [2.24, 2.45) is 5.10 Å². The van der Waals surface area contributed by atoms with Crippen molar-refractivity contribution in [1.29, 1.82) is 0 Å². The third-order valence-electron chi connectivity index (χ3n) is 6.89. The molecule has 34 heavy (non-hydrogen) atoms. The van der Waals surface area contributed by atoms with E-state index in [1.807, 2.05) is 27.0 Å². The fourth-order valence-corrected chi connectivity index (χ4v) is 5.77. The van der Waals surface area contributed by atoms with Crippen molar-refractivity contribution in [3.63, 3.8) is 0 Å². The minimum Gasteiger partial charge on any atom is -0.386 e. The normalized spacial score (nSPS) is 20.6. The molecule has 1 aliphatic rings. The van der Waals surface area contributed by atoms with Crippen LogP contribution in [0.25, 0.3) is 0 Å². The Morgan fingerprint density at radius 2 is 1.71 bits per heavy atom. The quantitative estimate of drug-likeness (QED) is 0.439. The van der Waals surface area contributed by atoms with Gasteiger partial charge in [-0.2, -0.15) is 4.59 Å². The predicted molar refractivity (Wildman–Crippen MR) is 134 cm³/mol. The summed E-state index contributed by atoms with van der Waals surface area (Å²) in [6.07, 6.45) is 2.86. The monoisotopic (exact) mass is 494 g/mol. The molecule has 0 aliphatic carbocycles. The average Bonchev–Trinajstić information content (AvgIpc) is 3.12. The minimum absolute atomic E-state index is 0.0540. The molecular weight excluding hydrogens is 460 g/mol. The van der Waals surface area contributed by atoms with Crippen LogP contribution in [-0.2, 0) is 21.5 Å². The molecular formula is C25H34F2N3O3S+. The van der Waals surface area contributed by atoms with Crippen LogP contribution in [0.4, 0.5) is 20.2 Å². The smallest absolute Gasteiger partial charge is 0.273 e. The second kappa shape index (κ2) is 9.36. The Labute approximate surface area is 200 Å². The molecule has 1 aliphatic heterocycles. The lowest BCUT2D eigenvalue weighted by Gasteiger charge is -2.47.